The van der Waals surface area contributed by atoms with Gasteiger partial charge in [0.1, 0.15) is 0 Å². The summed E-state index contributed by atoms with van der Waals surface area (Å²) >= 11 is 0. The van der Waals surface area contributed by atoms with Crippen LogP contribution in [0.3, 0.4) is 0 Å². The van der Waals surface area contributed by atoms with Crippen LogP contribution in [0.4, 0.5) is 0 Å². The first-order chi connectivity index (χ1) is 7.91. The maximum absolute atomic E-state index is 10.8. The van der Waals surface area contributed by atoms with Gasteiger partial charge in [0.05, 0.1) is 5.60 Å². The lowest BCUT2D eigenvalue weighted by molar-refractivity contribution is 0.000734. The molecule has 0 aliphatic carbocycles. The van der Waals surface area contributed by atoms with Crippen molar-refractivity contribution in [2.75, 3.05) is 0 Å². The topological polar surface area (TPSA) is 33.1 Å². The Morgan fingerprint density at radius 1 is 1.06 bits per heavy atom. The quantitative estimate of drug-likeness (QED) is 0.819. The van der Waals surface area contributed by atoms with Crippen molar-refractivity contribution in [1.82, 2.24) is 4.98 Å². The van der Waals surface area contributed by atoms with Gasteiger partial charge < -0.3 is 5.11 Å². The van der Waals surface area contributed by atoms with Crippen molar-refractivity contribution in [3.05, 3.63) is 30.1 Å². The summed E-state index contributed by atoms with van der Waals surface area (Å²) in [6.45, 7) is 8.66. The van der Waals surface area contributed by atoms with Crippen molar-refractivity contribution in [1.29, 1.82) is 0 Å². The number of aliphatic hydroxyl groups is 1. The van der Waals surface area contributed by atoms with Crippen LogP contribution < -0.4 is 0 Å². The third-order valence-corrected chi connectivity index (χ3v) is 2.86. The van der Waals surface area contributed by atoms with E-state index in [9.17, 15) is 5.11 Å². The zero-order chi connectivity index (χ0) is 12.9. The van der Waals surface area contributed by atoms with Gasteiger partial charge in [-0.3, -0.25) is 4.98 Å². The maximum atomic E-state index is 10.8. The molecule has 0 bridgehead atoms. The minimum absolute atomic E-state index is 0.514. The summed E-state index contributed by atoms with van der Waals surface area (Å²) in [4.78, 5) is 4.02. The first kappa shape index (κ1) is 14.2. The highest BCUT2D eigenvalue weighted by Gasteiger charge is 2.29. The van der Waals surface area contributed by atoms with Crippen molar-refractivity contribution < 1.29 is 5.11 Å². The van der Waals surface area contributed by atoms with E-state index in [-0.39, 0.29) is 0 Å². The Hall–Kier alpha value is -0.890. The highest BCUT2D eigenvalue weighted by Crippen LogP contribution is 2.28. The van der Waals surface area contributed by atoms with Crippen molar-refractivity contribution in [2.24, 2.45) is 11.8 Å². The molecule has 96 valence electrons. The van der Waals surface area contributed by atoms with Crippen molar-refractivity contribution in [3.8, 4) is 0 Å². The highest BCUT2D eigenvalue weighted by atomic mass is 16.3. The predicted molar refractivity (Wildman–Crippen MR) is 71.8 cm³/mol. The predicted octanol–water partition coefficient (Wildman–Crippen LogP) is 3.45. The third-order valence-electron chi connectivity index (χ3n) is 2.86. The normalized spacial score (nSPS) is 12.4. The fraction of sp³-hybridized carbons (Fsp3) is 0.667. The largest absolute Gasteiger partial charge is 0.390 e. The molecular formula is C15H25NO. The van der Waals surface area contributed by atoms with E-state index in [1.54, 1.807) is 12.4 Å². The molecule has 1 N–H and O–H groups in total. The lowest BCUT2D eigenvalue weighted by Gasteiger charge is -2.31. The third kappa shape index (κ3) is 5.31. The Kier molecular flexibility index (Phi) is 5.13. The van der Waals surface area contributed by atoms with E-state index in [1.807, 2.05) is 12.1 Å². The molecule has 0 aliphatic heterocycles. The molecule has 0 radical (unpaired) electrons. The van der Waals surface area contributed by atoms with Gasteiger partial charge in [0.15, 0.2) is 0 Å². The molecule has 0 amide bonds. The van der Waals surface area contributed by atoms with Gasteiger partial charge in [-0.15, -0.1) is 0 Å². The van der Waals surface area contributed by atoms with Gasteiger partial charge in [-0.25, -0.2) is 0 Å². The van der Waals surface area contributed by atoms with Crippen LogP contribution in [0.2, 0.25) is 0 Å². The van der Waals surface area contributed by atoms with E-state index in [1.165, 1.54) is 5.56 Å². The van der Waals surface area contributed by atoms with Gasteiger partial charge in [-0.1, -0.05) is 27.7 Å². The van der Waals surface area contributed by atoms with Gasteiger partial charge in [-0.05, 0) is 42.4 Å². The second-order valence-electron chi connectivity index (χ2n) is 5.95. The summed E-state index contributed by atoms with van der Waals surface area (Å²) < 4.78 is 0. The average Bonchev–Trinajstić information content (AvgIpc) is 2.15. The van der Waals surface area contributed by atoms with E-state index < -0.39 is 5.60 Å². The molecular weight excluding hydrogens is 210 g/mol. The molecule has 1 aromatic rings. The van der Waals surface area contributed by atoms with Gasteiger partial charge in [0.25, 0.3) is 0 Å². The number of rotatable bonds is 6. The summed E-state index contributed by atoms with van der Waals surface area (Å²) in [6.07, 6.45) is 6.02. The Bertz CT molecular complexity index is 309. The first-order valence-electron chi connectivity index (χ1n) is 6.52. The van der Waals surface area contributed by atoms with E-state index in [4.69, 9.17) is 0 Å². The molecule has 17 heavy (non-hydrogen) atoms. The van der Waals surface area contributed by atoms with Crippen molar-refractivity contribution >= 4 is 0 Å². The average molecular weight is 235 g/mol. The van der Waals surface area contributed by atoms with Gasteiger partial charge >= 0.3 is 0 Å². The van der Waals surface area contributed by atoms with E-state index >= 15 is 0 Å². The summed E-state index contributed by atoms with van der Waals surface area (Å²) in [5.41, 5.74) is 0.591. The molecule has 0 unspecified atom stereocenters. The zero-order valence-corrected chi connectivity index (χ0v) is 11.5. The number of hydrogen-bond donors (Lipinski definition) is 1. The second-order valence-corrected chi connectivity index (χ2v) is 5.95. The van der Waals surface area contributed by atoms with Gasteiger partial charge in [0, 0.05) is 18.8 Å². The molecule has 0 spiro atoms. The number of hydrogen-bond acceptors (Lipinski definition) is 2. The monoisotopic (exact) mass is 235 g/mol. The fourth-order valence-electron chi connectivity index (χ4n) is 2.63. The Labute approximate surface area is 105 Å². The van der Waals surface area contributed by atoms with Crippen LogP contribution in [0.25, 0.3) is 0 Å². The molecule has 0 fully saturated rings. The smallest absolute Gasteiger partial charge is 0.0692 e. The molecule has 1 aromatic heterocycles. The SMILES string of the molecule is CC(C)CC(O)(Cc1ccncc1)CC(C)C. The van der Waals surface area contributed by atoms with E-state index in [2.05, 4.69) is 32.7 Å². The lowest BCUT2D eigenvalue weighted by atomic mass is 9.81. The highest BCUT2D eigenvalue weighted by molar-refractivity contribution is 5.13. The molecule has 0 saturated carbocycles. The minimum Gasteiger partial charge on any atom is -0.390 e. The van der Waals surface area contributed by atoms with Crippen LogP contribution in [-0.2, 0) is 6.42 Å². The number of nitrogens with zero attached hydrogens (tertiary/aromatic N) is 1. The first-order valence-corrected chi connectivity index (χ1v) is 6.52. The minimum atomic E-state index is -0.580. The van der Waals surface area contributed by atoms with Crippen LogP contribution in [0.1, 0.15) is 46.1 Å². The molecule has 2 heteroatoms. The summed E-state index contributed by atoms with van der Waals surface area (Å²) in [7, 11) is 0. The Morgan fingerprint density at radius 2 is 1.53 bits per heavy atom. The molecule has 0 aromatic carbocycles. The molecule has 1 heterocycles. The summed E-state index contributed by atoms with van der Waals surface area (Å²) in [5, 5.41) is 10.8. The zero-order valence-electron chi connectivity index (χ0n) is 11.5. The van der Waals surface area contributed by atoms with Crippen LogP contribution >= 0.6 is 0 Å². The lowest BCUT2D eigenvalue weighted by Crippen LogP contribution is -2.34. The van der Waals surface area contributed by atoms with Crippen LogP contribution in [0.5, 0.6) is 0 Å². The molecule has 0 atom stereocenters. The van der Waals surface area contributed by atoms with Crippen LogP contribution in [0, 0.1) is 11.8 Å². The van der Waals surface area contributed by atoms with Crippen molar-refractivity contribution in [2.45, 2.75) is 52.6 Å². The number of aromatic nitrogens is 1. The van der Waals surface area contributed by atoms with Gasteiger partial charge in [-0.2, -0.15) is 0 Å². The molecule has 0 saturated heterocycles. The maximum Gasteiger partial charge on any atom is 0.0692 e. The van der Waals surface area contributed by atoms with Crippen molar-refractivity contribution in [3.63, 3.8) is 0 Å². The molecule has 1 rings (SSSR count). The number of pyridine rings is 1. The van der Waals surface area contributed by atoms with E-state index in [0.717, 1.165) is 19.3 Å². The molecule has 2 nitrogen and oxygen atoms in total. The van der Waals surface area contributed by atoms with Crippen LogP contribution in [-0.4, -0.2) is 15.7 Å². The standard InChI is InChI=1S/C15H25NO/c1-12(2)9-15(17,10-13(3)4)11-14-5-7-16-8-6-14/h5-8,12-13,17H,9-11H2,1-4H3. The summed E-state index contributed by atoms with van der Waals surface area (Å²) in [5.74, 6) is 1.03. The van der Waals surface area contributed by atoms with E-state index in [0.29, 0.717) is 11.8 Å². The molecule has 0 aliphatic rings. The fourth-order valence-corrected chi connectivity index (χ4v) is 2.63. The Morgan fingerprint density at radius 3 is 1.94 bits per heavy atom. The van der Waals surface area contributed by atoms with Crippen LogP contribution in [0.15, 0.2) is 24.5 Å². The Balaban J connectivity index is 2.76. The second kappa shape index (κ2) is 6.15. The van der Waals surface area contributed by atoms with Gasteiger partial charge in [0.2, 0.25) is 0 Å². The summed E-state index contributed by atoms with van der Waals surface area (Å²) in [6, 6.07) is 3.98.